The number of amides is 1. The van der Waals surface area contributed by atoms with Crippen LogP contribution in [0.2, 0.25) is 0 Å². The van der Waals surface area contributed by atoms with Gasteiger partial charge in [-0.05, 0) is 12.1 Å². The van der Waals surface area contributed by atoms with Gasteiger partial charge < -0.3 is 25.0 Å². The predicted molar refractivity (Wildman–Crippen MR) is 122 cm³/mol. The minimum absolute atomic E-state index is 0. The van der Waals surface area contributed by atoms with E-state index in [-0.39, 0.29) is 36.4 Å². The summed E-state index contributed by atoms with van der Waals surface area (Å²) in [4.78, 5) is 20.1. The Morgan fingerprint density at radius 3 is 2.54 bits per heavy atom. The molecule has 0 atom stereocenters. The van der Waals surface area contributed by atoms with E-state index in [0.29, 0.717) is 19.1 Å². The van der Waals surface area contributed by atoms with Crippen molar-refractivity contribution in [2.45, 2.75) is 0 Å². The Balaban J connectivity index is 0.00000392. The molecule has 0 aliphatic carbocycles. The van der Waals surface area contributed by atoms with E-state index in [1.54, 1.807) is 14.1 Å². The summed E-state index contributed by atoms with van der Waals surface area (Å²) in [5, 5.41) is 6.51. The number of para-hydroxylation sites is 1. The van der Waals surface area contributed by atoms with Crippen LogP contribution >= 0.6 is 24.0 Å². The first kappa shape index (κ1) is 24.4. The van der Waals surface area contributed by atoms with E-state index in [2.05, 4.69) is 20.5 Å². The number of nitrogens with one attached hydrogen (secondary N) is 2. The molecule has 0 saturated carbocycles. The minimum Gasteiger partial charge on any atom is -0.492 e. The van der Waals surface area contributed by atoms with Gasteiger partial charge in [-0.1, -0.05) is 18.2 Å². The number of likely N-dealkylation sites (N-methyl/N-ethyl adjacent to an activating group) is 1. The summed E-state index contributed by atoms with van der Waals surface area (Å²) < 4.78 is 11.0. The molecule has 0 bridgehead atoms. The van der Waals surface area contributed by atoms with Crippen LogP contribution in [0, 0.1) is 0 Å². The third-order valence-electron chi connectivity index (χ3n) is 4.10. The largest absolute Gasteiger partial charge is 0.492 e. The molecule has 1 aromatic carbocycles. The van der Waals surface area contributed by atoms with Gasteiger partial charge in [0.25, 0.3) is 0 Å². The van der Waals surface area contributed by atoms with Gasteiger partial charge in [-0.3, -0.25) is 9.69 Å². The van der Waals surface area contributed by atoms with Gasteiger partial charge in [0.15, 0.2) is 5.96 Å². The van der Waals surface area contributed by atoms with Crippen molar-refractivity contribution in [3.05, 3.63) is 30.3 Å². The zero-order valence-electron chi connectivity index (χ0n) is 16.7. The van der Waals surface area contributed by atoms with Gasteiger partial charge in [-0.25, -0.2) is 4.99 Å². The lowest BCUT2D eigenvalue weighted by atomic mass is 10.3. The smallest absolute Gasteiger partial charge is 0.243 e. The van der Waals surface area contributed by atoms with E-state index in [0.717, 1.165) is 45.1 Å². The standard InChI is InChI=1S/C19H31N5O3.HI/c1-23(2)18(25)16-22-19(20-8-10-24-11-14-26-15-12-24)21-9-13-27-17-6-4-3-5-7-17;/h3-7H,8-16H2,1-2H3,(H2,20,21,22);1H. The lowest BCUT2D eigenvalue weighted by Crippen LogP contribution is -2.45. The molecule has 0 aromatic heterocycles. The summed E-state index contributed by atoms with van der Waals surface area (Å²) in [7, 11) is 3.45. The van der Waals surface area contributed by atoms with E-state index in [4.69, 9.17) is 9.47 Å². The van der Waals surface area contributed by atoms with Gasteiger partial charge in [0, 0.05) is 40.3 Å². The molecule has 2 N–H and O–H groups in total. The molecule has 1 amide bonds. The monoisotopic (exact) mass is 505 g/mol. The fourth-order valence-electron chi connectivity index (χ4n) is 2.47. The number of guanidine groups is 1. The highest BCUT2D eigenvalue weighted by Crippen LogP contribution is 2.07. The summed E-state index contributed by atoms with van der Waals surface area (Å²) in [5.41, 5.74) is 0. The second-order valence-electron chi connectivity index (χ2n) is 6.42. The van der Waals surface area contributed by atoms with Crippen LogP contribution in [0.1, 0.15) is 0 Å². The van der Waals surface area contributed by atoms with Gasteiger partial charge in [0.2, 0.25) is 5.91 Å². The molecule has 1 saturated heterocycles. The number of hydrogen-bond donors (Lipinski definition) is 2. The van der Waals surface area contributed by atoms with Crippen LogP contribution in [0.3, 0.4) is 0 Å². The summed E-state index contributed by atoms with van der Waals surface area (Å²) in [6, 6.07) is 9.68. The number of morpholine rings is 1. The average Bonchev–Trinajstić information content (AvgIpc) is 2.70. The second-order valence-corrected chi connectivity index (χ2v) is 6.42. The highest BCUT2D eigenvalue weighted by Gasteiger charge is 2.10. The van der Waals surface area contributed by atoms with Crippen LogP contribution in [0.4, 0.5) is 0 Å². The van der Waals surface area contributed by atoms with Crippen molar-refractivity contribution in [3.63, 3.8) is 0 Å². The van der Waals surface area contributed by atoms with Gasteiger partial charge in [0.05, 0.1) is 19.8 Å². The van der Waals surface area contributed by atoms with Gasteiger partial charge >= 0.3 is 0 Å². The highest BCUT2D eigenvalue weighted by atomic mass is 127. The summed E-state index contributed by atoms with van der Waals surface area (Å²) in [6.45, 7) is 6.34. The summed E-state index contributed by atoms with van der Waals surface area (Å²) in [5.74, 6) is 1.42. The molecule has 28 heavy (non-hydrogen) atoms. The minimum atomic E-state index is -0.0372. The van der Waals surface area contributed by atoms with Gasteiger partial charge in [0.1, 0.15) is 18.9 Å². The second kappa shape index (κ2) is 14.4. The Labute approximate surface area is 184 Å². The van der Waals surface area contributed by atoms with Crippen molar-refractivity contribution in [1.82, 2.24) is 20.4 Å². The lowest BCUT2D eigenvalue weighted by molar-refractivity contribution is -0.127. The molecule has 1 heterocycles. The highest BCUT2D eigenvalue weighted by molar-refractivity contribution is 14.0. The number of halogens is 1. The average molecular weight is 505 g/mol. The molecule has 0 spiro atoms. The van der Waals surface area contributed by atoms with Crippen molar-refractivity contribution in [2.24, 2.45) is 4.99 Å². The zero-order chi connectivity index (χ0) is 19.3. The van der Waals surface area contributed by atoms with Crippen molar-refractivity contribution in [1.29, 1.82) is 0 Å². The number of nitrogens with zero attached hydrogens (tertiary/aromatic N) is 3. The Hall–Kier alpha value is -1.59. The molecule has 1 fully saturated rings. The molecule has 8 nitrogen and oxygen atoms in total. The van der Waals surface area contributed by atoms with E-state index in [1.807, 2.05) is 30.3 Å². The van der Waals surface area contributed by atoms with Crippen molar-refractivity contribution >= 4 is 35.8 Å². The van der Waals surface area contributed by atoms with Crippen LogP contribution in [0.15, 0.2) is 35.3 Å². The summed E-state index contributed by atoms with van der Waals surface area (Å²) in [6.07, 6.45) is 0. The number of rotatable bonds is 9. The first-order valence-corrected chi connectivity index (χ1v) is 9.35. The zero-order valence-corrected chi connectivity index (χ0v) is 19.1. The number of carbonyl (C=O) groups is 1. The molecule has 1 aliphatic heterocycles. The van der Waals surface area contributed by atoms with Crippen molar-refractivity contribution < 1.29 is 14.3 Å². The predicted octanol–water partition coefficient (Wildman–Crippen LogP) is 0.639. The van der Waals surface area contributed by atoms with Crippen molar-refractivity contribution in [3.8, 4) is 5.75 Å². The van der Waals surface area contributed by atoms with Gasteiger partial charge in [-0.2, -0.15) is 0 Å². The molecule has 1 aromatic rings. The van der Waals surface area contributed by atoms with Gasteiger partial charge in [-0.15, -0.1) is 24.0 Å². The Morgan fingerprint density at radius 1 is 1.18 bits per heavy atom. The van der Waals surface area contributed by atoms with Crippen LogP contribution < -0.4 is 15.4 Å². The van der Waals surface area contributed by atoms with E-state index < -0.39 is 0 Å². The van der Waals surface area contributed by atoms with Crippen LogP contribution in [0.5, 0.6) is 5.75 Å². The van der Waals surface area contributed by atoms with Crippen LogP contribution in [-0.4, -0.2) is 94.9 Å². The van der Waals surface area contributed by atoms with E-state index in [9.17, 15) is 4.79 Å². The Kier molecular flexibility index (Phi) is 12.6. The molecule has 2 rings (SSSR count). The SMILES string of the molecule is CN(C)C(=O)CN=C(NCCOc1ccccc1)NCCN1CCOCC1.I. The molecule has 0 radical (unpaired) electrons. The Morgan fingerprint density at radius 2 is 1.86 bits per heavy atom. The fraction of sp³-hybridized carbons (Fsp3) is 0.579. The number of benzene rings is 1. The number of ether oxygens (including phenoxy) is 2. The molecule has 9 heteroatoms. The third-order valence-corrected chi connectivity index (χ3v) is 4.10. The maximum Gasteiger partial charge on any atom is 0.243 e. The van der Waals surface area contributed by atoms with Crippen molar-refractivity contribution in [2.75, 3.05) is 73.2 Å². The topological polar surface area (TPSA) is 78.4 Å². The Bertz CT molecular complexity index is 580. The number of carbonyl (C=O) groups excluding carboxylic acids is 1. The normalized spacial score (nSPS) is 14.7. The number of hydrogen-bond acceptors (Lipinski definition) is 5. The molecule has 1 aliphatic rings. The first-order valence-electron chi connectivity index (χ1n) is 9.35. The quantitative estimate of drug-likeness (QED) is 0.222. The lowest BCUT2D eigenvalue weighted by Gasteiger charge is -2.26. The molecular weight excluding hydrogens is 473 g/mol. The summed E-state index contributed by atoms with van der Waals surface area (Å²) >= 11 is 0. The van der Waals surface area contributed by atoms with Crippen LogP contribution in [-0.2, 0) is 9.53 Å². The molecule has 158 valence electrons. The number of aliphatic imine (C=N–C) groups is 1. The third kappa shape index (κ3) is 10.1. The maximum absolute atomic E-state index is 11.8. The molecular formula is C19H32IN5O3. The van der Waals surface area contributed by atoms with Crippen LogP contribution in [0.25, 0.3) is 0 Å². The maximum atomic E-state index is 11.8. The van der Waals surface area contributed by atoms with E-state index in [1.165, 1.54) is 4.90 Å². The first-order chi connectivity index (χ1) is 13.1. The fourth-order valence-corrected chi connectivity index (χ4v) is 2.47. The van der Waals surface area contributed by atoms with E-state index >= 15 is 0 Å². The molecule has 0 unspecified atom stereocenters.